The van der Waals surface area contributed by atoms with Crippen molar-refractivity contribution in [2.24, 2.45) is 5.73 Å². The molecule has 0 radical (unpaired) electrons. The van der Waals surface area contributed by atoms with Gasteiger partial charge in [-0.2, -0.15) is 0 Å². The molecule has 0 spiro atoms. The van der Waals surface area contributed by atoms with Crippen LogP contribution in [0.3, 0.4) is 0 Å². The summed E-state index contributed by atoms with van der Waals surface area (Å²) < 4.78 is 18.9. The summed E-state index contributed by atoms with van der Waals surface area (Å²) in [5, 5.41) is 0. The summed E-state index contributed by atoms with van der Waals surface area (Å²) in [6.45, 7) is 1.33. The molecule has 1 aromatic rings. The molecule has 0 bridgehead atoms. The molecular weight excluding hydrogens is 261 g/mol. The van der Waals surface area contributed by atoms with Crippen molar-refractivity contribution in [2.45, 2.75) is 19.3 Å². The monoisotopic (exact) mass is 275 g/mol. The topological polar surface area (TPSA) is 35.2 Å². The van der Waals surface area contributed by atoms with Crippen LogP contribution in [0.1, 0.15) is 19.3 Å². The fourth-order valence-electron chi connectivity index (χ4n) is 1.18. The standard InChI is InChI=1S/C11H15BrFNO/c12-10-5-4-9(8-11(10)13)15-7-3-1-2-6-14/h4-5,8H,1-3,6-7,14H2. The Bertz CT molecular complexity index is 307. The molecule has 0 atom stereocenters. The molecule has 2 N–H and O–H groups in total. The minimum atomic E-state index is -0.297. The Morgan fingerprint density at radius 3 is 2.73 bits per heavy atom. The van der Waals surface area contributed by atoms with E-state index in [1.165, 1.54) is 6.07 Å². The van der Waals surface area contributed by atoms with E-state index in [9.17, 15) is 4.39 Å². The molecule has 15 heavy (non-hydrogen) atoms. The van der Waals surface area contributed by atoms with E-state index in [2.05, 4.69) is 15.9 Å². The predicted octanol–water partition coefficient (Wildman–Crippen LogP) is 3.10. The molecule has 0 aliphatic carbocycles. The number of hydrogen-bond acceptors (Lipinski definition) is 2. The van der Waals surface area contributed by atoms with Crippen molar-refractivity contribution in [3.8, 4) is 5.75 Å². The predicted molar refractivity (Wildman–Crippen MR) is 62.5 cm³/mol. The first-order chi connectivity index (χ1) is 7.24. The first kappa shape index (κ1) is 12.5. The highest BCUT2D eigenvalue weighted by atomic mass is 79.9. The third-order valence-corrected chi connectivity index (χ3v) is 2.65. The Morgan fingerprint density at radius 1 is 1.27 bits per heavy atom. The molecule has 0 amide bonds. The molecule has 2 nitrogen and oxygen atoms in total. The number of halogens is 2. The fourth-order valence-corrected chi connectivity index (χ4v) is 1.43. The summed E-state index contributed by atoms with van der Waals surface area (Å²) in [4.78, 5) is 0. The summed E-state index contributed by atoms with van der Waals surface area (Å²) >= 11 is 3.09. The zero-order chi connectivity index (χ0) is 11.1. The Balaban J connectivity index is 2.28. The van der Waals surface area contributed by atoms with E-state index in [0.717, 1.165) is 19.3 Å². The minimum absolute atomic E-state index is 0.297. The van der Waals surface area contributed by atoms with E-state index < -0.39 is 0 Å². The first-order valence-electron chi connectivity index (χ1n) is 5.02. The molecule has 0 heterocycles. The van der Waals surface area contributed by atoms with Crippen LogP contribution in [0.5, 0.6) is 5.75 Å². The van der Waals surface area contributed by atoms with E-state index in [1.54, 1.807) is 12.1 Å². The molecule has 0 aliphatic heterocycles. The van der Waals surface area contributed by atoms with Gasteiger partial charge in [-0.1, -0.05) is 0 Å². The van der Waals surface area contributed by atoms with Crippen LogP contribution < -0.4 is 10.5 Å². The van der Waals surface area contributed by atoms with Crippen LogP contribution in [0, 0.1) is 5.82 Å². The van der Waals surface area contributed by atoms with Crippen molar-refractivity contribution in [1.82, 2.24) is 0 Å². The van der Waals surface area contributed by atoms with Crippen LogP contribution in [0.15, 0.2) is 22.7 Å². The fraction of sp³-hybridized carbons (Fsp3) is 0.455. The van der Waals surface area contributed by atoms with Gasteiger partial charge in [0.15, 0.2) is 0 Å². The smallest absolute Gasteiger partial charge is 0.141 e. The molecule has 1 rings (SSSR count). The van der Waals surface area contributed by atoms with Crippen LogP contribution >= 0.6 is 15.9 Å². The molecule has 1 aromatic carbocycles. The summed E-state index contributed by atoms with van der Waals surface area (Å²) in [6, 6.07) is 4.77. The first-order valence-corrected chi connectivity index (χ1v) is 5.81. The number of hydrogen-bond donors (Lipinski definition) is 1. The number of rotatable bonds is 6. The van der Waals surface area contributed by atoms with Gasteiger partial charge in [0.2, 0.25) is 0 Å². The maximum atomic E-state index is 13.1. The Morgan fingerprint density at radius 2 is 2.07 bits per heavy atom. The highest BCUT2D eigenvalue weighted by Crippen LogP contribution is 2.20. The molecule has 0 fully saturated rings. The van der Waals surface area contributed by atoms with Crippen LogP contribution in [-0.4, -0.2) is 13.2 Å². The lowest BCUT2D eigenvalue weighted by Gasteiger charge is -2.06. The van der Waals surface area contributed by atoms with Crippen LogP contribution in [-0.2, 0) is 0 Å². The van der Waals surface area contributed by atoms with Crippen LogP contribution in [0.25, 0.3) is 0 Å². The van der Waals surface area contributed by atoms with E-state index in [-0.39, 0.29) is 5.82 Å². The molecule has 0 saturated heterocycles. The van der Waals surface area contributed by atoms with Gasteiger partial charge in [-0.15, -0.1) is 0 Å². The lowest BCUT2D eigenvalue weighted by atomic mass is 10.2. The highest BCUT2D eigenvalue weighted by molar-refractivity contribution is 9.10. The van der Waals surface area contributed by atoms with Gasteiger partial charge in [-0.3, -0.25) is 0 Å². The minimum Gasteiger partial charge on any atom is -0.493 e. The lowest BCUT2D eigenvalue weighted by molar-refractivity contribution is 0.304. The van der Waals surface area contributed by atoms with Crippen LogP contribution in [0.2, 0.25) is 0 Å². The summed E-state index contributed by atoms with van der Waals surface area (Å²) in [5.41, 5.74) is 5.36. The molecule has 0 saturated carbocycles. The second kappa shape index (κ2) is 6.80. The summed E-state index contributed by atoms with van der Waals surface area (Å²) in [5.74, 6) is 0.276. The van der Waals surface area contributed by atoms with E-state index in [4.69, 9.17) is 10.5 Å². The lowest BCUT2D eigenvalue weighted by Crippen LogP contribution is -2.01. The van der Waals surface area contributed by atoms with Crippen molar-refractivity contribution in [3.63, 3.8) is 0 Å². The van der Waals surface area contributed by atoms with Gasteiger partial charge >= 0.3 is 0 Å². The molecule has 84 valence electrons. The second-order valence-corrected chi connectivity index (χ2v) is 4.13. The van der Waals surface area contributed by atoms with Gasteiger partial charge in [0.25, 0.3) is 0 Å². The quantitative estimate of drug-likeness (QED) is 0.810. The molecule has 4 heteroatoms. The molecule has 0 unspecified atom stereocenters. The van der Waals surface area contributed by atoms with Crippen LogP contribution in [0.4, 0.5) is 4.39 Å². The maximum Gasteiger partial charge on any atom is 0.141 e. The van der Waals surface area contributed by atoms with Crippen molar-refractivity contribution in [2.75, 3.05) is 13.2 Å². The van der Waals surface area contributed by atoms with Crippen molar-refractivity contribution < 1.29 is 9.13 Å². The van der Waals surface area contributed by atoms with Gasteiger partial charge in [-0.25, -0.2) is 4.39 Å². The van der Waals surface area contributed by atoms with E-state index in [1.807, 2.05) is 0 Å². The number of benzene rings is 1. The normalized spacial score (nSPS) is 10.3. The summed E-state index contributed by atoms with van der Waals surface area (Å²) in [6.07, 6.45) is 3.02. The number of ether oxygens (including phenoxy) is 1. The Labute approximate surface area is 97.7 Å². The highest BCUT2D eigenvalue weighted by Gasteiger charge is 2.00. The zero-order valence-corrected chi connectivity index (χ0v) is 10.1. The van der Waals surface area contributed by atoms with Gasteiger partial charge < -0.3 is 10.5 Å². The zero-order valence-electron chi connectivity index (χ0n) is 8.51. The average Bonchev–Trinajstić information content (AvgIpc) is 2.23. The third-order valence-electron chi connectivity index (χ3n) is 2.01. The van der Waals surface area contributed by atoms with E-state index in [0.29, 0.717) is 23.4 Å². The van der Waals surface area contributed by atoms with Gasteiger partial charge in [0.1, 0.15) is 11.6 Å². The SMILES string of the molecule is NCCCCCOc1ccc(Br)c(F)c1. The maximum absolute atomic E-state index is 13.1. The molecular formula is C11H15BrFNO. The molecule has 0 aliphatic rings. The third kappa shape index (κ3) is 4.62. The Kier molecular flexibility index (Phi) is 5.65. The summed E-state index contributed by atoms with van der Waals surface area (Å²) in [7, 11) is 0. The van der Waals surface area contributed by atoms with Crippen molar-refractivity contribution >= 4 is 15.9 Å². The van der Waals surface area contributed by atoms with E-state index >= 15 is 0 Å². The Hall–Kier alpha value is -0.610. The van der Waals surface area contributed by atoms with Crippen molar-refractivity contribution in [3.05, 3.63) is 28.5 Å². The van der Waals surface area contributed by atoms with Gasteiger partial charge in [-0.05, 0) is 53.9 Å². The molecule has 0 aromatic heterocycles. The largest absolute Gasteiger partial charge is 0.493 e. The number of nitrogens with two attached hydrogens (primary N) is 1. The van der Waals surface area contributed by atoms with Crippen molar-refractivity contribution in [1.29, 1.82) is 0 Å². The van der Waals surface area contributed by atoms with Gasteiger partial charge in [0, 0.05) is 6.07 Å². The second-order valence-electron chi connectivity index (χ2n) is 3.27. The van der Waals surface area contributed by atoms with Gasteiger partial charge in [0.05, 0.1) is 11.1 Å². The number of unbranched alkanes of at least 4 members (excludes halogenated alkanes) is 2. The average molecular weight is 276 g/mol.